The fourth-order valence-electron chi connectivity index (χ4n) is 3.32. The molecule has 27 heavy (non-hydrogen) atoms. The van der Waals surface area contributed by atoms with E-state index in [2.05, 4.69) is 9.12 Å². The molecule has 1 aromatic carbocycles. The summed E-state index contributed by atoms with van der Waals surface area (Å²) in [7, 11) is -3.84. The minimum absolute atomic E-state index is 0.0966. The van der Waals surface area contributed by atoms with Crippen molar-refractivity contribution in [1.82, 2.24) is 4.90 Å². The Balaban J connectivity index is 1.71. The summed E-state index contributed by atoms with van der Waals surface area (Å²) in [6.07, 6.45) is 1.72. The molecule has 1 saturated heterocycles. The smallest absolute Gasteiger partial charge is 0.344 e. The molecular weight excluding hydrogens is 372 g/mol. The molecule has 2 heterocycles. The molecule has 9 nitrogen and oxygen atoms in total. The number of nitrogens with two attached hydrogens (primary N) is 1. The molecular formula is C17H24N4O5S. The molecule has 1 aromatic rings. The molecule has 3 rings (SSSR count). The molecule has 2 aliphatic rings. The zero-order valence-electron chi connectivity index (χ0n) is 15.3. The van der Waals surface area contributed by atoms with Gasteiger partial charge in [-0.2, -0.15) is 8.42 Å². The van der Waals surface area contributed by atoms with Crippen molar-refractivity contribution in [3.63, 3.8) is 0 Å². The number of nitrogens with one attached hydrogen (secondary N) is 1. The van der Waals surface area contributed by atoms with Gasteiger partial charge in [-0.1, -0.05) is 6.07 Å². The third-order valence-electron chi connectivity index (χ3n) is 4.54. The number of amides is 1. The van der Waals surface area contributed by atoms with Crippen LogP contribution in [0.25, 0.3) is 0 Å². The van der Waals surface area contributed by atoms with Crippen molar-refractivity contribution in [1.29, 1.82) is 0 Å². The number of hydrogen-bond donors (Lipinski definition) is 3. The molecule has 1 fully saturated rings. The van der Waals surface area contributed by atoms with Gasteiger partial charge in [0.05, 0.1) is 17.9 Å². The Kier molecular flexibility index (Phi) is 5.04. The van der Waals surface area contributed by atoms with Gasteiger partial charge in [0.1, 0.15) is 11.4 Å². The first-order valence-electron chi connectivity index (χ1n) is 8.73. The summed E-state index contributed by atoms with van der Waals surface area (Å²) in [4.78, 5) is 13.9. The first-order chi connectivity index (χ1) is 12.6. The minimum Gasteiger partial charge on any atom is -0.492 e. The summed E-state index contributed by atoms with van der Waals surface area (Å²) in [6, 6.07) is 4.95. The summed E-state index contributed by atoms with van der Waals surface area (Å²) in [6.45, 7) is 4.41. The van der Waals surface area contributed by atoms with Crippen molar-refractivity contribution in [2.24, 2.45) is 16.0 Å². The molecule has 0 bridgehead atoms. The van der Waals surface area contributed by atoms with E-state index in [0.717, 1.165) is 12.8 Å². The fourth-order valence-corrected chi connectivity index (χ4v) is 4.16. The number of ether oxygens (including phenoxy) is 1. The summed E-state index contributed by atoms with van der Waals surface area (Å²) >= 11 is 0. The Morgan fingerprint density at radius 3 is 2.93 bits per heavy atom. The van der Waals surface area contributed by atoms with Gasteiger partial charge in [-0.15, -0.1) is 4.40 Å². The highest BCUT2D eigenvalue weighted by Gasteiger charge is 2.33. The number of anilines is 1. The van der Waals surface area contributed by atoms with Crippen LogP contribution in [0.1, 0.15) is 32.3 Å². The summed E-state index contributed by atoms with van der Waals surface area (Å²) in [5.74, 6) is 0.110. The standard InChI is InChI=1S/C17H24N4O5S/c1-17(2,23)16(22)21-8-4-5-11(9-21)10-26-13-7-3-6-12-14(13)15(18)20-27(24,25)19-12/h3,6-7,11,19,23H,4-5,8-10H2,1-2H3,(H2,18,20). The monoisotopic (exact) mass is 396 g/mol. The highest BCUT2D eigenvalue weighted by Crippen LogP contribution is 2.31. The number of nitrogens with zero attached hydrogens (tertiary/aromatic N) is 2. The van der Waals surface area contributed by atoms with E-state index < -0.39 is 15.8 Å². The molecule has 0 aromatic heterocycles. The van der Waals surface area contributed by atoms with E-state index in [1.165, 1.54) is 13.8 Å². The lowest BCUT2D eigenvalue weighted by molar-refractivity contribution is -0.149. The van der Waals surface area contributed by atoms with Gasteiger partial charge in [0.15, 0.2) is 5.84 Å². The van der Waals surface area contributed by atoms with Gasteiger partial charge in [-0.25, -0.2) is 0 Å². The maximum absolute atomic E-state index is 12.3. The van der Waals surface area contributed by atoms with Gasteiger partial charge in [0.25, 0.3) is 5.91 Å². The number of carbonyl (C=O) groups excluding carboxylic acids is 1. The third kappa shape index (κ3) is 4.33. The predicted molar refractivity (Wildman–Crippen MR) is 101 cm³/mol. The molecule has 10 heteroatoms. The number of hydrogen-bond acceptors (Lipinski definition) is 6. The van der Waals surface area contributed by atoms with E-state index in [1.54, 1.807) is 23.1 Å². The third-order valence-corrected chi connectivity index (χ3v) is 5.46. The fraction of sp³-hybridized carbons (Fsp3) is 0.529. The predicted octanol–water partition coefficient (Wildman–Crippen LogP) is 0.451. The SMILES string of the molecule is CC(C)(O)C(=O)N1CCCC(COc2cccc3c2C(N)=NS(=O)(=O)N3)C1. The second kappa shape index (κ2) is 7.01. The van der Waals surface area contributed by atoms with Crippen LogP contribution in [0.2, 0.25) is 0 Å². The molecule has 0 aliphatic carbocycles. The van der Waals surface area contributed by atoms with Crippen LogP contribution in [0.4, 0.5) is 5.69 Å². The normalized spacial score (nSPS) is 21.7. The average molecular weight is 396 g/mol. The van der Waals surface area contributed by atoms with Gasteiger partial charge in [-0.05, 0) is 38.8 Å². The second-order valence-corrected chi connectivity index (χ2v) is 8.70. The summed E-state index contributed by atoms with van der Waals surface area (Å²) in [5, 5.41) is 9.93. The topological polar surface area (TPSA) is 134 Å². The van der Waals surface area contributed by atoms with Crippen molar-refractivity contribution < 1.29 is 23.1 Å². The lowest BCUT2D eigenvalue weighted by atomic mass is 9.97. The van der Waals surface area contributed by atoms with Crippen LogP contribution in [0.15, 0.2) is 22.6 Å². The second-order valence-electron chi connectivity index (χ2n) is 7.36. The first-order valence-corrected chi connectivity index (χ1v) is 10.2. The zero-order valence-corrected chi connectivity index (χ0v) is 16.1. The van der Waals surface area contributed by atoms with Crippen LogP contribution in [0.5, 0.6) is 5.75 Å². The number of fused-ring (bicyclic) bond motifs is 1. The van der Waals surface area contributed by atoms with Crippen molar-refractivity contribution >= 4 is 27.6 Å². The van der Waals surface area contributed by atoms with Crippen LogP contribution in [-0.4, -0.2) is 55.5 Å². The summed E-state index contributed by atoms with van der Waals surface area (Å²) in [5.41, 5.74) is 5.14. The van der Waals surface area contributed by atoms with Crippen molar-refractivity contribution in [3.8, 4) is 5.75 Å². The Morgan fingerprint density at radius 2 is 2.22 bits per heavy atom. The number of likely N-dealkylation sites (tertiary alicyclic amines) is 1. The quantitative estimate of drug-likeness (QED) is 0.676. The number of carbonyl (C=O) groups is 1. The van der Waals surface area contributed by atoms with Crippen molar-refractivity contribution in [2.45, 2.75) is 32.3 Å². The summed E-state index contributed by atoms with van der Waals surface area (Å²) < 4.78 is 35.0. The van der Waals surface area contributed by atoms with Crippen LogP contribution in [0, 0.1) is 5.92 Å². The van der Waals surface area contributed by atoms with E-state index in [4.69, 9.17) is 10.5 Å². The van der Waals surface area contributed by atoms with Crippen molar-refractivity contribution in [3.05, 3.63) is 23.8 Å². The van der Waals surface area contributed by atoms with Gasteiger partial charge < -0.3 is 20.5 Å². The van der Waals surface area contributed by atoms with E-state index in [-0.39, 0.29) is 17.7 Å². The Hall–Kier alpha value is -2.33. The lowest BCUT2D eigenvalue weighted by Gasteiger charge is -2.35. The minimum atomic E-state index is -3.84. The molecule has 1 atom stereocenters. The molecule has 0 saturated carbocycles. The van der Waals surface area contributed by atoms with E-state index >= 15 is 0 Å². The maximum Gasteiger partial charge on any atom is 0.344 e. The van der Waals surface area contributed by atoms with Crippen LogP contribution < -0.4 is 15.2 Å². The van der Waals surface area contributed by atoms with Crippen LogP contribution in [-0.2, 0) is 15.0 Å². The molecule has 0 radical (unpaired) electrons. The number of aliphatic hydroxyl groups is 1. The van der Waals surface area contributed by atoms with Crippen molar-refractivity contribution in [2.75, 3.05) is 24.4 Å². The number of benzene rings is 1. The Labute approximate surface area is 158 Å². The van der Waals surface area contributed by atoms with Gasteiger partial charge in [0.2, 0.25) is 0 Å². The molecule has 148 valence electrons. The number of rotatable bonds is 4. The highest BCUT2D eigenvalue weighted by atomic mass is 32.2. The highest BCUT2D eigenvalue weighted by molar-refractivity contribution is 7.91. The average Bonchev–Trinajstić information content (AvgIpc) is 2.57. The molecule has 4 N–H and O–H groups in total. The maximum atomic E-state index is 12.3. The lowest BCUT2D eigenvalue weighted by Crippen LogP contribution is -2.49. The van der Waals surface area contributed by atoms with Gasteiger partial charge >= 0.3 is 10.2 Å². The Bertz CT molecular complexity index is 876. The van der Waals surface area contributed by atoms with Gasteiger partial charge in [-0.3, -0.25) is 9.52 Å². The number of piperidine rings is 1. The molecule has 2 aliphatic heterocycles. The van der Waals surface area contributed by atoms with E-state index in [9.17, 15) is 18.3 Å². The molecule has 1 amide bonds. The van der Waals surface area contributed by atoms with Crippen LogP contribution >= 0.6 is 0 Å². The largest absolute Gasteiger partial charge is 0.492 e. The first kappa shape index (κ1) is 19.4. The zero-order chi connectivity index (χ0) is 19.8. The molecule has 1 unspecified atom stereocenters. The van der Waals surface area contributed by atoms with Crippen LogP contribution in [0.3, 0.4) is 0 Å². The Morgan fingerprint density at radius 1 is 1.48 bits per heavy atom. The van der Waals surface area contributed by atoms with E-state index in [1.807, 2.05) is 0 Å². The molecule has 0 spiro atoms. The van der Waals surface area contributed by atoms with E-state index in [0.29, 0.717) is 36.7 Å². The van der Waals surface area contributed by atoms with Gasteiger partial charge in [0, 0.05) is 19.0 Å². The number of amidine groups is 1.